The van der Waals surface area contributed by atoms with Gasteiger partial charge in [0.15, 0.2) is 6.29 Å². The minimum Gasteiger partial charge on any atom is -0.291 e. The number of hydrogen-bond donors (Lipinski definition) is 0. The van der Waals surface area contributed by atoms with Crippen molar-refractivity contribution in [3.8, 4) is 0 Å². The molecule has 0 bridgehead atoms. The van der Waals surface area contributed by atoms with E-state index in [4.69, 9.17) is 0 Å². The van der Waals surface area contributed by atoms with Gasteiger partial charge in [-0.05, 0) is 57.1 Å². The zero-order valence-corrected chi connectivity index (χ0v) is 14.6. The van der Waals surface area contributed by atoms with E-state index in [9.17, 15) is 4.79 Å². The Bertz CT molecular complexity index is 983. The second-order valence-corrected chi connectivity index (χ2v) is 6.99. The van der Waals surface area contributed by atoms with E-state index in [1.807, 2.05) is 6.29 Å². The lowest BCUT2D eigenvalue weighted by molar-refractivity contribution is 0.542. The molecule has 0 aliphatic carbocycles. The molecule has 4 aromatic rings. The van der Waals surface area contributed by atoms with Gasteiger partial charge in [-0.25, -0.2) is 0 Å². The maximum atomic E-state index is 10.2. The molecule has 0 saturated carbocycles. The van der Waals surface area contributed by atoms with Crippen LogP contribution >= 0.6 is 0 Å². The quantitative estimate of drug-likeness (QED) is 0.264. The fraction of sp³-hybridized carbons (Fsp3) is 0.292. The summed E-state index contributed by atoms with van der Waals surface area (Å²) in [6.07, 6.45) is 9.51. The van der Waals surface area contributed by atoms with Gasteiger partial charge in [-0.1, -0.05) is 73.9 Å². The molecule has 1 nitrogen and oxygen atoms in total. The lowest BCUT2D eigenvalue weighted by Crippen LogP contribution is -1.91. The summed E-state index contributed by atoms with van der Waals surface area (Å²) in [5.74, 6) is 0. The van der Waals surface area contributed by atoms with Crippen molar-refractivity contribution < 1.29 is 4.79 Å². The number of unbranched alkanes of at least 4 members (excludes halogenated alkanes) is 5. The number of carbonyl (C=O) groups excluding carboxylic acids is 1. The van der Waals surface area contributed by atoms with Crippen molar-refractivity contribution in [2.45, 2.75) is 44.9 Å². The molecule has 0 aliphatic rings. The van der Waals surface area contributed by atoms with Gasteiger partial charge in [0.1, 0.15) is 0 Å². The largest absolute Gasteiger partial charge is 0.291 e. The van der Waals surface area contributed by atoms with Crippen molar-refractivity contribution in [1.82, 2.24) is 0 Å². The number of aryl methyl sites for hydroxylation is 1. The summed E-state index contributed by atoms with van der Waals surface area (Å²) < 4.78 is 0. The number of rotatable bonds is 8. The first kappa shape index (κ1) is 16.1. The van der Waals surface area contributed by atoms with Crippen LogP contribution in [0.5, 0.6) is 0 Å². The van der Waals surface area contributed by atoms with Crippen LogP contribution in [0, 0.1) is 0 Å². The maximum absolute atomic E-state index is 10.2. The van der Waals surface area contributed by atoms with Crippen LogP contribution in [0.2, 0.25) is 0 Å². The van der Waals surface area contributed by atoms with Crippen molar-refractivity contribution in [2.75, 3.05) is 0 Å². The summed E-state index contributed by atoms with van der Waals surface area (Å²) in [5.41, 5.74) is 1.46. The van der Waals surface area contributed by atoms with E-state index in [1.54, 1.807) is 0 Å². The van der Waals surface area contributed by atoms with Crippen molar-refractivity contribution in [3.63, 3.8) is 0 Å². The molecule has 0 aromatic heterocycles. The zero-order chi connectivity index (χ0) is 17.1. The third-order valence-electron chi connectivity index (χ3n) is 5.34. The van der Waals surface area contributed by atoms with Gasteiger partial charge in [0.25, 0.3) is 0 Å². The van der Waals surface area contributed by atoms with Crippen LogP contribution in [0.4, 0.5) is 0 Å². The summed E-state index contributed by atoms with van der Waals surface area (Å²) in [7, 11) is 0. The van der Waals surface area contributed by atoms with E-state index in [2.05, 4.69) is 54.6 Å². The van der Waals surface area contributed by atoms with Crippen molar-refractivity contribution in [1.29, 1.82) is 0 Å². The van der Waals surface area contributed by atoms with Crippen molar-refractivity contribution in [3.05, 3.63) is 60.2 Å². The fourth-order valence-electron chi connectivity index (χ4n) is 4.06. The first-order valence-electron chi connectivity index (χ1n) is 9.39. The van der Waals surface area contributed by atoms with Crippen LogP contribution in [-0.4, -0.2) is 6.29 Å². The highest BCUT2D eigenvalue weighted by Crippen LogP contribution is 2.36. The Kier molecular flexibility index (Phi) is 4.65. The molecule has 0 fully saturated rings. The number of hydrogen-bond acceptors (Lipinski definition) is 1. The average Bonchev–Trinajstić information content (AvgIpc) is 2.66. The second-order valence-electron chi connectivity index (χ2n) is 6.99. The molecule has 0 N–H and O–H groups in total. The second kappa shape index (κ2) is 7.23. The minimum absolute atomic E-state index is 0.592. The highest BCUT2D eigenvalue weighted by atomic mass is 16.1. The van der Waals surface area contributed by atoms with Crippen molar-refractivity contribution in [2.24, 2.45) is 0 Å². The van der Waals surface area contributed by atoms with E-state index in [0.717, 1.165) is 19.3 Å². The molecule has 0 atom stereocenters. The normalized spacial score (nSPS) is 11.7. The maximum Gasteiger partial charge on any atom is 0.198 e. The predicted octanol–water partition coefficient (Wildman–Crippen LogP) is 6.58. The van der Waals surface area contributed by atoms with Gasteiger partial charge in [0, 0.05) is 6.42 Å². The third-order valence-corrected chi connectivity index (χ3v) is 5.34. The van der Waals surface area contributed by atoms with Gasteiger partial charge in [-0.3, -0.25) is 4.79 Å². The Morgan fingerprint density at radius 3 is 2.08 bits per heavy atom. The standard InChI is InChI=1S/C24H23O/c25-17-6-4-2-1-3-5-8-18-11-12-21-14-13-19-9-7-10-20-15-16-22(18)24(21)23(19)20/h7,9-16H,1-6,8H2. The lowest BCUT2D eigenvalue weighted by atomic mass is 9.90. The summed E-state index contributed by atoms with van der Waals surface area (Å²) in [6, 6.07) is 20.2. The molecular weight excluding hydrogens is 304 g/mol. The lowest BCUT2D eigenvalue weighted by Gasteiger charge is -2.14. The SMILES string of the molecule is O=[C]CCCCCCCc1ccc2ccc3cccc4ccc1c2c34. The van der Waals surface area contributed by atoms with E-state index >= 15 is 0 Å². The van der Waals surface area contributed by atoms with Gasteiger partial charge < -0.3 is 0 Å². The highest BCUT2D eigenvalue weighted by molar-refractivity contribution is 6.23. The average molecular weight is 327 g/mol. The first-order valence-corrected chi connectivity index (χ1v) is 9.39. The van der Waals surface area contributed by atoms with E-state index in [0.29, 0.717) is 6.42 Å². The summed E-state index contributed by atoms with van der Waals surface area (Å²) >= 11 is 0. The van der Waals surface area contributed by atoms with Crippen LogP contribution < -0.4 is 0 Å². The van der Waals surface area contributed by atoms with Crippen LogP contribution in [0.3, 0.4) is 0 Å². The van der Waals surface area contributed by atoms with Crippen LogP contribution in [0.25, 0.3) is 32.3 Å². The molecule has 125 valence electrons. The van der Waals surface area contributed by atoms with Crippen LogP contribution in [0.15, 0.2) is 54.6 Å². The van der Waals surface area contributed by atoms with Crippen molar-refractivity contribution >= 4 is 38.6 Å². The smallest absolute Gasteiger partial charge is 0.198 e. The number of benzene rings is 4. The Hall–Kier alpha value is -2.41. The summed E-state index contributed by atoms with van der Waals surface area (Å²) in [5, 5.41) is 8.25. The molecule has 1 heteroatoms. The van der Waals surface area contributed by atoms with Gasteiger partial charge in [-0.2, -0.15) is 0 Å². The molecule has 4 rings (SSSR count). The van der Waals surface area contributed by atoms with Gasteiger partial charge >= 0.3 is 0 Å². The van der Waals surface area contributed by atoms with Gasteiger partial charge in [0.2, 0.25) is 0 Å². The van der Waals surface area contributed by atoms with Gasteiger partial charge in [-0.15, -0.1) is 0 Å². The fourth-order valence-corrected chi connectivity index (χ4v) is 4.06. The van der Waals surface area contributed by atoms with Crippen LogP contribution in [-0.2, 0) is 11.2 Å². The molecule has 1 radical (unpaired) electrons. The molecule has 0 amide bonds. The predicted molar refractivity (Wildman–Crippen MR) is 107 cm³/mol. The Morgan fingerprint density at radius 1 is 0.640 bits per heavy atom. The van der Waals surface area contributed by atoms with Gasteiger partial charge in [0.05, 0.1) is 0 Å². The monoisotopic (exact) mass is 327 g/mol. The molecular formula is C24H23O. The minimum atomic E-state index is 0.592. The van der Waals surface area contributed by atoms with E-state index in [1.165, 1.54) is 57.1 Å². The van der Waals surface area contributed by atoms with E-state index in [-0.39, 0.29) is 0 Å². The molecule has 0 spiro atoms. The Morgan fingerprint density at radius 2 is 1.28 bits per heavy atom. The summed E-state index contributed by atoms with van der Waals surface area (Å²) in [4.78, 5) is 10.2. The van der Waals surface area contributed by atoms with E-state index < -0.39 is 0 Å². The molecule has 0 heterocycles. The summed E-state index contributed by atoms with van der Waals surface area (Å²) in [6.45, 7) is 0. The van der Waals surface area contributed by atoms with Crippen LogP contribution in [0.1, 0.15) is 44.1 Å². The topological polar surface area (TPSA) is 17.1 Å². The molecule has 0 aliphatic heterocycles. The molecule has 0 unspecified atom stereocenters. The first-order chi connectivity index (χ1) is 12.4. The third kappa shape index (κ3) is 3.11. The molecule has 0 saturated heterocycles. The molecule has 25 heavy (non-hydrogen) atoms. The highest BCUT2D eigenvalue weighted by Gasteiger charge is 2.10. The Balaban J connectivity index is 1.58. The Labute approximate surface area is 149 Å². The zero-order valence-electron chi connectivity index (χ0n) is 14.6. The molecule has 4 aromatic carbocycles.